The molecule has 0 radical (unpaired) electrons. The monoisotopic (exact) mass is 420 g/mol. The number of hydrogen-bond donors (Lipinski definition) is 1. The van der Waals surface area contributed by atoms with Crippen LogP contribution in [0.25, 0.3) is 22.4 Å². The van der Waals surface area contributed by atoms with Crippen LogP contribution in [-0.4, -0.2) is 15.0 Å². The van der Waals surface area contributed by atoms with Crippen molar-refractivity contribution in [1.29, 1.82) is 0 Å². The van der Waals surface area contributed by atoms with E-state index in [1.807, 2.05) is 43.3 Å². The molecule has 0 fully saturated rings. The Hall–Kier alpha value is -3.74. The first kappa shape index (κ1) is 20.5. The largest absolute Gasteiger partial charge is 0.416 e. The van der Waals surface area contributed by atoms with E-state index in [4.69, 9.17) is 4.98 Å². The molecule has 2 heterocycles. The summed E-state index contributed by atoms with van der Waals surface area (Å²) in [6, 6.07) is 18.4. The van der Waals surface area contributed by atoms with Gasteiger partial charge in [-0.05, 0) is 60.0 Å². The number of nitrogens with one attached hydrogen (secondary N) is 1. The van der Waals surface area contributed by atoms with Gasteiger partial charge in [-0.2, -0.15) is 13.2 Å². The number of anilines is 2. The summed E-state index contributed by atoms with van der Waals surface area (Å²) in [5, 5.41) is 3.15. The maximum atomic E-state index is 12.9. The number of pyridine rings is 1. The van der Waals surface area contributed by atoms with E-state index in [2.05, 4.69) is 15.3 Å². The van der Waals surface area contributed by atoms with Crippen molar-refractivity contribution < 1.29 is 13.2 Å². The molecule has 0 saturated heterocycles. The standard InChI is InChI=1S/C24H19F3N4/c1-2-20-14-18(16-7-9-19(10-8-16)24(25,26)27)15-22(30-20)17-5-3-6-21(13-17)31-23-28-11-4-12-29-23/h3-15H,2H2,1H3,(H,28,29,31). The summed E-state index contributed by atoms with van der Waals surface area (Å²) < 4.78 is 38.7. The molecular weight excluding hydrogens is 401 g/mol. The van der Waals surface area contributed by atoms with Gasteiger partial charge in [0, 0.05) is 29.3 Å². The molecular formula is C24H19F3N4. The number of hydrogen-bond acceptors (Lipinski definition) is 4. The lowest BCUT2D eigenvalue weighted by atomic mass is 10.00. The summed E-state index contributed by atoms with van der Waals surface area (Å²) in [7, 11) is 0. The highest BCUT2D eigenvalue weighted by Crippen LogP contribution is 2.32. The number of benzene rings is 2. The van der Waals surface area contributed by atoms with Crippen LogP contribution in [0.3, 0.4) is 0 Å². The van der Waals surface area contributed by atoms with Crippen LogP contribution < -0.4 is 5.32 Å². The van der Waals surface area contributed by atoms with Crippen LogP contribution in [0.4, 0.5) is 24.8 Å². The number of aromatic nitrogens is 3. The molecule has 4 aromatic rings. The first-order valence-corrected chi connectivity index (χ1v) is 9.75. The van der Waals surface area contributed by atoms with Crippen LogP contribution in [0.5, 0.6) is 0 Å². The van der Waals surface area contributed by atoms with Crippen molar-refractivity contribution >= 4 is 11.6 Å². The summed E-state index contributed by atoms with van der Waals surface area (Å²) in [6.07, 6.45) is -0.340. The van der Waals surface area contributed by atoms with Crippen molar-refractivity contribution in [2.75, 3.05) is 5.32 Å². The third-order valence-corrected chi connectivity index (χ3v) is 4.77. The zero-order valence-corrected chi connectivity index (χ0v) is 16.7. The summed E-state index contributed by atoms with van der Waals surface area (Å²) >= 11 is 0. The molecule has 0 spiro atoms. The molecule has 31 heavy (non-hydrogen) atoms. The molecule has 0 amide bonds. The second kappa shape index (κ2) is 8.55. The number of rotatable bonds is 5. The maximum absolute atomic E-state index is 12.9. The first-order chi connectivity index (χ1) is 14.9. The minimum Gasteiger partial charge on any atom is -0.324 e. The van der Waals surface area contributed by atoms with Gasteiger partial charge in [0.25, 0.3) is 0 Å². The molecule has 4 nitrogen and oxygen atoms in total. The van der Waals surface area contributed by atoms with Crippen molar-refractivity contribution in [2.45, 2.75) is 19.5 Å². The van der Waals surface area contributed by atoms with Gasteiger partial charge in [0.2, 0.25) is 5.95 Å². The van der Waals surface area contributed by atoms with E-state index in [0.717, 1.165) is 40.3 Å². The highest BCUT2D eigenvalue weighted by Gasteiger charge is 2.30. The zero-order chi connectivity index (χ0) is 21.8. The Bertz CT molecular complexity index is 1170. The van der Waals surface area contributed by atoms with Crippen LogP contribution in [0.2, 0.25) is 0 Å². The molecule has 156 valence electrons. The van der Waals surface area contributed by atoms with E-state index < -0.39 is 11.7 Å². The lowest BCUT2D eigenvalue weighted by Gasteiger charge is -2.12. The van der Waals surface area contributed by atoms with E-state index >= 15 is 0 Å². The maximum Gasteiger partial charge on any atom is 0.416 e. The molecule has 7 heteroatoms. The summed E-state index contributed by atoms with van der Waals surface area (Å²) in [5.41, 5.74) is 4.15. The molecule has 0 unspecified atom stereocenters. The Balaban J connectivity index is 1.69. The predicted octanol–water partition coefficient (Wildman–Crippen LogP) is 6.53. The number of nitrogens with zero attached hydrogens (tertiary/aromatic N) is 3. The van der Waals surface area contributed by atoms with Crippen LogP contribution in [-0.2, 0) is 12.6 Å². The normalized spacial score (nSPS) is 11.4. The molecule has 0 saturated carbocycles. The van der Waals surface area contributed by atoms with E-state index in [0.29, 0.717) is 17.9 Å². The quantitative estimate of drug-likeness (QED) is 0.399. The van der Waals surface area contributed by atoms with Crippen LogP contribution in [0, 0.1) is 0 Å². The van der Waals surface area contributed by atoms with Gasteiger partial charge in [-0.1, -0.05) is 31.2 Å². The Kier molecular flexibility index (Phi) is 5.66. The molecule has 0 bridgehead atoms. The lowest BCUT2D eigenvalue weighted by Crippen LogP contribution is -2.04. The lowest BCUT2D eigenvalue weighted by molar-refractivity contribution is -0.137. The van der Waals surface area contributed by atoms with Gasteiger partial charge >= 0.3 is 6.18 Å². The molecule has 4 rings (SSSR count). The predicted molar refractivity (Wildman–Crippen MR) is 115 cm³/mol. The molecule has 0 aliphatic carbocycles. The van der Waals surface area contributed by atoms with Gasteiger partial charge in [0.05, 0.1) is 11.3 Å². The van der Waals surface area contributed by atoms with Crippen molar-refractivity contribution in [3.8, 4) is 22.4 Å². The van der Waals surface area contributed by atoms with Crippen LogP contribution in [0.1, 0.15) is 18.2 Å². The average Bonchev–Trinajstić information content (AvgIpc) is 2.79. The highest BCUT2D eigenvalue weighted by molar-refractivity contribution is 5.73. The SMILES string of the molecule is CCc1cc(-c2ccc(C(F)(F)F)cc2)cc(-c2cccc(Nc3ncccn3)c2)n1. The molecule has 2 aromatic carbocycles. The Morgan fingerprint density at radius 2 is 1.55 bits per heavy atom. The van der Waals surface area contributed by atoms with E-state index in [-0.39, 0.29) is 0 Å². The van der Waals surface area contributed by atoms with Crippen LogP contribution in [0.15, 0.2) is 79.1 Å². The summed E-state index contributed by atoms with van der Waals surface area (Å²) in [6.45, 7) is 1.99. The Morgan fingerprint density at radius 1 is 0.806 bits per heavy atom. The van der Waals surface area contributed by atoms with E-state index in [9.17, 15) is 13.2 Å². The van der Waals surface area contributed by atoms with Gasteiger partial charge < -0.3 is 5.32 Å². The average molecular weight is 420 g/mol. The highest BCUT2D eigenvalue weighted by atomic mass is 19.4. The van der Waals surface area contributed by atoms with Crippen LogP contribution >= 0.6 is 0 Å². The fourth-order valence-electron chi connectivity index (χ4n) is 3.18. The third kappa shape index (κ3) is 4.88. The second-order valence-corrected chi connectivity index (χ2v) is 6.94. The van der Waals surface area contributed by atoms with Crippen molar-refractivity contribution in [3.63, 3.8) is 0 Å². The third-order valence-electron chi connectivity index (χ3n) is 4.77. The zero-order valence-electron chi connectivity index (χ0n) is 16.7. The van der Waals surface area contributed by atoms with Gasteiger partial charge in [-0.15, -0.1) is 0 Å². The molecule has 0 aliphatic heterocycles. The van der Waals surface area contributed by atoms with Gasteiger partial charge in [-0.25, -0.2) is 9.97 Å². The number of alkyl halides is 3. The first-order valence-electron chi connectivity index (χ1n) is 9.75. The van der Waals surface area contributed by atoms with E-state index in [1.54, 1.807) is 18.5 Å². The molecule has 1 N–H and O–H groups in total. The summed E-state index contributed by atoms with van der Waals surface area (Å²) in [5.74, 6) is 0.486. The summed E-state index contributed by atoms with van der Waals surface area (Å²) in [4.78, 5) is 13.0. The van der Waals surface area contributed by atoms with Crippen molar-refractivity contribution in [3.05, 3.63) is 90.4 Å². The fourth-order valence-corrected chi connectivity index (χ4v) is 3.18. The Morgan fingerprint density at radius 3 is 2.23 bits per heavy atom. The minimum atomic E-state index is -4.35. The second-order valence-electron chi connectivity index (χ2n) is 6.94. The van der Waals surface area contributed by atoms with Crippen molar-refractivity contribution in [1.82, 2.24) is 15.0 Å². The number of aryl methyl sites for hydroxylation is 1. The van der Waals surface area contributed by atoms with E-state index in [1.165, 1.54) is 12.1 Å². The van der Waals surface area contributed by atoms with Gasteiger partial charge in [0.1, 0.15) is 0 Å². The minimum absolute atomic E-state index is 0.486. The molecule has 0 atom stereocenters. The smallest absolute Gasteiger partial charge is 0.324 e. The fraction of sp³-hybridized carbons (Fsp3) is 0.125. The molecule has 0 aliphatic rings. The van der Waals surface area contributed by atoms with Gasteiger partial charge in [0.15, 0.2) is 0 Å². The van der Waals surface area contributed by atoms with Gasteiger partial charge in [-0.3, -0.25) is 4.98 Å². The molecule has 2 aromatic heterocycles. The topological polar surface area (TPSA) is 50.7 Å². The van der Waals surface area contributed by atoms with Crippen molar-refractivity contribution in [2.24, 2.45) is 0 Å². The number of halogens is 3. The Labute approximate surface area is 177 Å².